The number of benzene rings is 1. The van der Waals surface area contributed by atoms with Crippen molar-refractivity contribution in [2.24, 2.45) is 0 Å². The van der Waals surface area contributed by atoms with Gasteiger partial charge in [0.25, 0.3) is 5.56 Å². The fourth-order valence-corrected chi connectivity index (χ4v) is 1.87. The summed E-state index contributed by atoms with van der Waals surface area (Å²) in [6, 6.07) is 7.45. The van der Waals surface area contributed by atoms with Crippen molar-refractivity contribution in [1.29, 1.82) is 0 Å². The molecule has 2 aromatic rings. The Morgan fingerprint density at radius 1 is 1.28 bits per heavy atom. The predicted octanol–water partition coefficient (Wildman–Crippen LogP) is 2.05. The summed E-state index contributed by atoms with van der Waals surface area (Å²) < 4.78 is 12.1. The monoisotopic (exact) mass is 247 g/mol. The summed E-state index contributed by atoms with van der Waals surface area (Å²) in [5.74, 6) is 0.696. The molecule has 0 aliphatic heterocycles. The Balaban J connectivity index is 2.39. The summed E-state index contributed by atoms with van der Waals surface area (Å²) in [4.78, 5) is 12.2. The Labute approximate surface area is 106 Å². The molecule has 1 aromatic carbocycles. The van der Waals surface area contributed by atoms with E-state index < -0.39 is 0 Å². The minimum Gasteiger partial charge on any atom is -0.497 e. The first-order valence-corrected chi connectivity index (χ1v) is 6.01. The molecule has 2 rings (SSSR count). The largest absolute Gasteiger partial charge is 0.497 e. The van der Waals surface area contributed by atoms with Gasteiger partial charge in [-0.15, -0.1) is 0 Å². The van der Waals surface area contributed by atoms with E-state index in [2.05, 4.69) is 0 Å². The van der Waals surface area contributed by atoms with Gasteiger partial charge in [0.1, 0.15) is 5.75 Å². The number of hydrogen-bond donors (Lipinski definition) is 0. The average molecular weight is 247 g/mol. The zero-order chi connectivity index (χ0) is 13.0. The highest BCUT2D eigenvalue weighted by Gasteiger charge is 2.04. The molecule has 0 aliphatic carbocycles. The molecule has 0 amide bonds. The molecular formula is C14H17NO3. The molecule has 0 saturated heterocycles. The van der Waals surface area contributed by atoms with Crippen LogP contribution in [0.2, 0.25) is 0 Å². The fraction of sp³-hybridized carbons (Fsp3) is 0.357. The van der Waals surface area contributed by atoms with Crippen molar-refractivity contribution < 1.29 is 9.47 Å². The smallest absolute Gasteiger partial charge is 0.258 e. The van der Waals surface area contributed by atoms with E-state index in [1.165, 1.54) is 0 Å². The number of nitrogens with zero attached hydrogens (tertiary/aromatic N) is 1. The lowest BCUT2D eigenvalue weighted by Gasteiger charge is -2.08. The van der Waals surface area contributed by atoms with Crippen LogP contribution < -0.4 is 10.3 Å². The van der Waals surface area contributed by atoms with Gasteiger partial charge in [-0.1, -0.05) is 6.07 Å². The second-order valence-corrected chi connectivity index (χ2v) is 3.96. The molecule has 0 bridgehead atoms. The Hall–Kier alpha value is -1.81. The lowest BCUT2D eigenvalue weighted by molar-refractivity contribution is 0.138. The van der Waals surface area contributed by atoms with E-state index in [4.69, 9.17) is 9.47 Å². The number of hydrogen-bond acceptors (Lipinski definition) is 3. The molecule has 1 aromatic heterocycles. The maximum absolute atomic E-state index is 12.2. The van der Waals surface area contributed by atoms with Gasteiger partial charge in [0.2, 0.25) is 0 Å². The molecular weight excluding hydrogens is 230 g/mol. The van der Waals surface area contributed by atoms with E-state index in [0.717, 1.165) is 5.39 Å². The van der Waals surface area contributed by atoms with Crippen LogP contribution in [0.4, 0.5) is 0 Å². The van der Waals surface area contributed by atoms with Crippen molar-refractivity contribution in [1.82, 2.24) is 4.57 Å². The topological polar surface area (TPSA) is 40.5 Å². The van der Waals surface area contributed by atoms with E-state index in [0.29, 0.717) is 30.9 Å². The highest BCUT2D eigenvalue weighted by atomic mass is 16.5. The summed E-state index contributed by atoms with van der Waals surface area (Å²) in [7, 11) is 1.59. The Bertz CT molecular complexity index is 589. The van der Waals surface area contributed by atoms with Gasteiger partial charge in [0.05, 0.1) is 19.1 Å². The van der Waals surface area contributed by atoms with Gasteiger partial charge >= 0.3 is 0 Å². The first kappa shape index (κ1) is 12.6. The zero-order valence-corrected chi connectivity index (χ0v) is 10.7. The number of pyridine rings is 1. The van der Waals surface area contributed by atoms with Crippen LogP contribution in [0.1, 0.15) is 6.92 Å². The van der Waals surface area contributed by atoms with Crippen LogP contribution in [0, 0.1) is 0 Å². The van der Waals surface area contributed by atoms with Crippen molar-refractivity contribution in [2.45, 2.75) is 13.5 Å². The molecule has 0 spiro atoms. The van der Waals surface area contributed by atoms with Crippen LogP contribution in [0.5, 0.6) is 5.75 Å². The average Bonchev–Trinajstić information content (AvgIpc) is 2.41. The zero-order valence-electron chi connectivity index (χ0n) is 10.7. The van der Waals surface area contributed by atoms with E-state index in [-0.39, 0.29) is 5.56 Å². The molecule has 4 nitrogen and oxygen atoms in total. The number of ether oxygens (including phenoxy) is 2. The maximum atomic E-state index is 12.2. The molecule has 0 aliphatic rings. The van der Waals surface area contributed by atoms with Crippen molar-refractivity contribution in [3.63, 3.8) is 0 Å². The summed E-state index contributed by atoms with van der Waals surface area (Å²) in [5.41, 5.74) is -0.00824. The van der Waals surface area contributed by atoms with Gasteiger partial charge in [0.15, 0.2) is 0 Å². The molecule has 96 valence electrons. The normalized spacial score (nSPS) is 10.8. The Morgan fingerprint density at radius 3 is 2.83 bits per heavy atom. The van der Waals surface area contributed by atoms with Crippen LogP contribution in [0.25, 0.3) is 10.8 Å². The Morgan fingerprint density at radius 2 is 2.11 bits per heavy atom. The van der Waals surface area contributed by atoms with E-state index in [1.807, 2.05) is 25.1 Å². The summed E-state index contributed by atoms with van der Waals surface area (Å²) in [5, 5.41) is 1.60. The van der Waals surface area contributed by atoms with Crippen molar-refractivity contribution in [3.05, 3.63) is 40.8 Å². The second kappa shape index (κ2) is 5.69. The molecule has 0 radical (unpaired) electrons. The molecule has 0 fully saturated rings. The maximum Gasteiger partial charge on any atom is 0.258 e. The van der Waals surface area contributed by atoms with Crippen LogP contribution in [0.3, 0.4) is 0 Å². The van der Waals surface area contributed by atoms with Gasteiger partial charge < -0.3 is 14.0 Å². The standard InChI is InChI=1S/C14H17NO3/c1-3-18-9-8-15-7-6-11-4-5-12(17-2)10-13(11)14(15)16/h4-7,10H,3,8-9H2,1-2H3. The number of aromatic nitrogens is 1. The number of fused-ring (bicyclic) bond motifs is 1. The van der Waals surface area contributed by atoms with Gasteiger partial charge in [0, 0.05) is 19.3 Å². The third-order valence-electron chi connectivity index (χ3n) is 2.87. The highest BCUT2D eigenvalue weighted by molar-refractivity contribution is 5.82. The SMILES string of the molecule is CCOCCn1ccc2ccc(OC)cc2c1=O. The first-order valence-electron chi connectivity index (χ1n) is 6.01. The van der Waals surface area contributed by atoms with Gasteiger partial charge in [-0.2, -0.15) is 0 Å². The fourth-order valence-electron chi connectivity index (χ4n) is 1.87. The highest BCUT2D eigenvalue weighted by Crippen LogP contribution is 2.17. The summed E-state index contributed by atoms with van der Waals surface area (Å²) in [6.07, 6.45) is 1.80. The predicted molar refractivity (Wildman–Crippen MR) is 71.3 cm³/mol. The third-order valence-corrected chi connectivity index (χ3v) is 2.87. The number of rotatable bonds is 5. The van der Waals surface area contributed by atoms with Crippen LogP contribution in [0.15, 0.2) is 35.3 Å². The van der Waals surface area contributed by atoms with Crippen molar-refractivity contribution >= 4 is 10.8 Å². The Kier molecular flexibility index (Phi) is 3.99. The van der Waals surface area contributed by atoms with Gasteiger partial charge in [-0.25, -0.2) is 0 Å². The summed E-state index contributed by atoms with van der Waals surface area (Å²) in [6.45, 7) is 3.72. The van der Waals surface area contributed by atoms with Crippen LogP contribution in [-0.2, 0) is 11.3 Å². The van der Waals surface area contributed by atoms with E-state index in [9.17, 15) is 4.79 Å². The number of methoxy groups -OCH3 is 1. The van der Waals surface area contributed by atoms with Gasteiger partial charge in [-0.05, 0) is 30.5 Å². The summed E-state index contributed by atoms with van der Waals surface area (Å²) >= 11 is 0. The van der Waals surface area contributed by atoms with Crippen molar-refractivity contribution in [3.8, 4) is 5.75 Å². The minimum atomic E-state index is -0.00824. The second-order valence-electron chi connectivity index (χ2n) is 3.96. The molecule has 18 heavy (non-hydrogen) atoms. The minimum absolute atomic E-state index is 0.00824. The van der Waals surface area contributed by atoms with Gasteiger partial charge in [-0.3, -0.25) is 4.79 Å². The third kappa shape index (κ3) is 2.54. The molecule has 4 heteroatoms. The van der Waals surface area contributed by atoms with Crippen molar-refractivity contribution in [2.75, 3.05) is 20.3 Å². The molecule has 0 unspecified atom stereocenters. The van der Waals surface area contributed by atoms with E-state index in [1.54, 1.807) is 23.9 Å². The molecule has 0 N–H and O–H groups in total. The quantitative estimate of drug-likeness (QED) is 0.759. The lowest BCUT2D eigenvalue weighted by atomic mass is 10.1. The van der Waals surface area contributed by atoms with E-state index >= 15 is 0 Å². The van der Waals surface area contributed by atoms with Crippen LogP contribution >= 0.6 is 0 Å². The van der Waals surface area contributed by atoms with Crippen LogP contribution in [-0.4, -0.2) is 24.9 Å². The first-order chi connectivity index (χ1) is 8.76. The lowest BCUT2D eigenvalue weighted by Crippen LogP contribution is -2.21. The molecule has 1 heterocycles. The molecule has 0 saturated carbocycles. The molecule has 0 atom stereocenters.